The molecule has 0 aliphatic heterocycles. The molecule has 11 heteroatoms. The van der Waals surface area contributed by atoms with Crippen molar-refractivity contribution in [3.8, 4) is 5.75 Å². The molecular weight excluding hydrogens is 606 g/mol. The van der Waals surface area contributed by atoms with Gasteiger partial charge in [-0.1, -0.05) is 68.3 Å². The van der Waals surface area contributed by atoms with Gasteiger partial charge in [0, 0.05) is 24.3 Å². The number of nitrogens with zero attached hydrogens (tertiary/aromatic N) is 1. The van der Waals surface area contributed by atoms with Crippen LogP contribution in [0, 0.1) is 6.92 Å². The van der Waals surface area contributed by atoms with E-state index in [1.807, 2.05) is 37.3 Å². The molecule has 3 N–H and O–H groups in total. The lowest BCUT2D eigenvalue weighted by molar-refractivity contribution is -0.159. The van der Waals surface area contributed by atoms with Gasteiger partial charge in [-0.3, -0.25) is 9.59 Å². The molecule has 0 heterocycles. The van der Waals surface area contributed by atoms with Crippen molar-refractivity contribution in [2.24, 2.45) is 0 Å². The van der Waals surface area contributed by atoms with E-state index in [2.05, 4.69) is 23.3 Å². The second-order valence-electron chi connectivity index (χ2n) is 13.3. The van der Waals surface area contributed by atoms with E-state index in [9.17, 15) is 24.3 Å². The topological polar surface area (TPSA) is 134 Å². The van der Waals surface area contributed by atoms with Gasteiger partial charge in [-0.2, -0.15) is 12.6 Å². The number of rotatable bonds is 14. The van der Waals surface area contributed by atoms with Crippen molar-refractivity contribution < 1.29 is 33.8 Å². The Labute approximate surface area is 279 Å². The minimum atomic E-state index is -1.35. The fourth-order valence-electron chi connectivity index (χ4n) is 4.75. The lowest BCUT2D eigenvalue weighted by Gasteiger charge is -2.35. The molecule has 46 heavy (non-hydrogen) atoms. The highest BCUT2D eigenvalue weighted by Crippen LogP contribution is 2.33. The van der Waals surface area contributed by atoms with Gasteiger partial charge in [0.15, 0.2) is 0 Å². The van der Waals surface area contributed by atoms with Crippen LogP contribution in [0.4, 0.5) is 4.79 Å². The van der Waals surface area contributed by atoms with Crippen molar-refractivity contribution in [2.75, 3.05) is 12.3 Å². The number of hydrogen-bond acceptors (Lipinski definition) is 8. The van der Waals surface area contributed by atoms with Crippen LogP contribution in [0.3, 0.4) is 0 Å². The summed E-state index contributed by atoms with van der Waals surface area (Å²) in [5.74, 6) is -2.15. The van der Waals surface area contributed by atoms with Gasteiger partial charge in [-0.15, -0.1) is 0 Å². The third kappa shape index (κ3) is 12.2. The van der Waals surface area contributed by atoms with E-state index in [0.717, 1.165) is 18.4 Å². The first-order valence-corrected chi connectivity index (χ1v) is 16.4. The zero-order valence-corrected chi connectivity index (χ0v) is 29.3. The summed E-state index contributed by atoms with van der Waals surface area (Å²) in [7, 11) is 0. The molecule has 2 aromatic carbocycles. The summed E-state index contributed by atoms with van der Waals surface area (Å²) >= 11 is 4.34. The standard InChI is InChI=1S/C35H51N3O7S/c1-9-10-14-20-38(31(41)27(22-46)37-33(43)45-35(6,7)8)28(25-19-15-16-23(2)29(25)39)30(40)36-26(32(42)44-34(3,4)5)21-24-17-12-11-13-18-24/h11-13,15-19,26-28,39,46H,9-10,14,20-22H2,1-8H3,(H,36,40)(H,37,43). The van der Waals surface area contributed by atoms with Crippen LogP contribution in [0.25, 0.3) is 0 Å². The Hall–Kier alpha value is -3.73. The Morgan fingerprint density at radius 2 is 1.50 bits per heavy atom. The quantitative estimate of drug-likeness (QED) is 0.117. The largest absolute Gasteiger partial charge is 0.507 e. The van der Waals surface area contributed by atoms with Crippen LogP contribution in [0.2, 0.25) is 0 Å². The molecule has 10 nitrogen and oxygen atoms in total. The van der Waals surface area contributed by atoms with Crippen molar-refractivity contribution >= 4 is 36.5 Å². The van der Waals surface area contributed by atoms with Crippen LogP contribution < -0.4 is 10.6 Å². The van der Waals surface area contributed by atoms with E-state index in [1.54, 1.807) is 66.7 Å². The number of thiol groups is 1. The molecule has 0 saturated carbocycles. The highest BCUT2D eigenvalue weighted by Gasteiger charge is 2.39. The molecule has 3 atom stereocenters. The number of benzene rings is 2. The monoisotopic (exact) mass is 657 g/mol. The number of hydrogen-bond donors (Lipinski definition) is 4. The predicted molar refractivity (Wildman–Crippen MR) is 182 cm³/mol. The molecule has 2 rings (SSSR count). The number of ether oxygens (including phenoxy) is 2. The molecule has 0 aromatic heterocycles. The third-order valence-electron chi connectivity index (χ3n) is 6.87. The summed E-state index contributed by atoms with van der Waals surface area (Å²) in [5, 5.41) is 16.6. The molecule has 0 aliphatic carbocycles. The van der Waals surface area contributed by atoms with Gasteiger partial charge in [0.1, 0.15) is 35.1 Å². The molecule has 0 aliphatic rings. The van der Waals surface area contributed by atoms with Crippen LogP contribution >= 0.6 is 12.6 Å². The fraction of sp³-hybridized carbons (Fsp3) is 0.543. The fourth-order valence-corrected chi connectivity index (χ4v) is 5.00. The number of aromatic hydroxyl groups is 1. The summed E-state index contributed by atoms with van der Waals surface area (Å²) in [6, 6.07) is 10.5. The molecular formula is C35H51N3O7S. The van der Waals surface area contributed by atoms with Crippen LogP contribution in [0.5, 0.6) is 5.75 Å². The Kier molecular flexibility index (Phi) is 14.4. The Balaban J connectivity index is 2.62. The van der Waals surface area contributed by atoms with Gasteiger partial charge in [0.2, 0.25) is 11.8 Å². The maximum atomic E-state index is 14.4. The van der Waals surface area contributed by atoms with Gasteiger partial charge in [0.25, 0.3) is 0 Å². The number of unbranched alkanes of at least 4 members (excludes halogenated alkanes) is 2. The molecule has 254 valence electrons. The average Bonchev–Trinajstić information content (AvgIpc) is 2.95. The number of alkyl carbamates (subject to hydrolysis) is 1. The number of nitrogens with one attached hydrogen (secondary N) is 2. The molecule has 0 fully saturated rings. The first kappa shape index (κ1) is 38.5. The lowest BCUT2D eigenvalue weighted by Crippen LogP contribution is -2.55. The van der Waals surface area contributed by atoms with Gasteiger partial charge < -0.3 is 30.1 Å². The number of carbonyl (C=O) groups is 4. The average molecular weight is 658 g/mol. The highest BCUT2D eigenvalue weighted by atomic mass is 32.1. The Morgan fingerprint density at radius 3 is 2.07 bits per heavy atom. The highest BCUT2D eigenvalue weighted by molar-refractivity contribution is 7.80. The van der Waals surface area contributed by atoms with E-state index < -0.39 is 53.2 Å². The van der Waals surface area contributed by atoms with E-state index in [0.29, 0.717) is 12.0 Å². The number of amides is 3. The van der Waals surface area contributed by atoms with Crippen LogP contribution in [-0.4, -0.2) is 69.5 Å². The number of phenolic OH excluding ortho intramolecular Hbond substituents is 1. The second-order valence-corrected chi connectivity index (χ2v) is 13.7. The maximum absolute atomic E-state index is 14.4. The van der Waals surface area contributed by atoms with Crippen molar-refractivity contribution in [3.05, 3.63) is 65.2 Å². The summed E-state index contributed by atoms with van der Waals surface area (Å²) in [4.78, 5) is 56.1. The molecule has 0 bridgehead atoms. The molecule has 3 amide bonds. The Bertz CT molecular complexity index is 1320. The first-order chi connectivity index (χ1) is 21.5. The lowest BCUT2D eigenvalue weighted by atomic mass is 9.98. The molecule has 0 saturated heterocycles. The van der Waals surface area contributed by atoms with Crippen LogP contribution in [-0.2, 0) is 30.3 Å². The summed E-state index contributed by atoms with van der Waals surface area (Å²) in [6.45, 7) is 14.2. The number of esters is 1. The number of aryl methyl sites for hydroxylation is 1. The zero-order chi connectivity index (χ0) is 34.7. The van der Waals surface area contributed by atoms with Crippen LogP contribution in [0.1, 0.15) is 90.5 Å². The second kappa shape index (κ2) is 17.3. The predicted octanol–water partition coefficient (Wildman–Crippen LogP) is 5.65. The first-order valence-electron chi connectivity index (χ1n) is 15.7. The van der Waals surface area contributed by atoms with Gasteiger partial charge in [-0.25, -0.2) is 9.59 Å². The Morgan fingerprint density at radius 1 is 0.870 bits per heavy atom. The minimum absolute atomic E-state index is 0.0783. The zero-order valence-electron chi connectivity index (χ0n) is 28.4. The van der Waals surface area contributed by atoms with Crippen molar-refractivity contribution in [2.45, 2.75) is 110 Å². The van der Waals surface area contributed by atoms with Gasteiger partial charge in [-0.05, 0) is 66.0 Å². The van der Waals surface area contributed by atoms with Crippen molar-refractivity contribution in [3.63, 3.8) is 0 Å². The smallest absolute Gasteiger partial charge is 0.408 e. The van der Waals surface area contributed by atoms with E-state index >= 15 is 0 Å². The summed E-state index contributed by atoms with van der Waals surface area (Å²) in [5.41, 5.74) is -0.149. The SMILES string of the molecule is CCCCCN(C(=O)C(CS)NC(=O)OC(C)(C)C)C(C(=O)NC(Cc1ccccc1)C(=O)OC(C)(C)C)c1cccc(C)c1O. The molecule has 2 aromatic rings. The van der Waals surface area contributed by atoms with Crippen LogP contribution in [0.15, 0.2) is 48.5 Å². The third-order valence-corrected chi connectivity index (χ3v) is 7.24. The van der Waals surface area contributed by atoms with Gasteiger partial charge >= 0.3 is 12.1 Å². The van der Waals surface area contributed by atoms with E-state index in [1.165, 1.54) is 4.90 Å². The van der Waals surface area contributed by atoms with E-state index in [4.69, 9.17) is 9.47 Å². The molecule has 0 radical (unpaired) electrons. The maximum Gasteiger partial charge on any atom is 0.408 e. The normalized spacial score (nSPS) is 13.6. The molecule has 3 unspecified atom stereocenters. The number of carbonyl (C=O) groups excluding carboxylic acids is 4. The van der Waals surface area contributed by atoms with Crippen molar-refractivity contribution in [1.29, 1.82) is 0 Å². The number of para-hydroxylation sites is 1. The molecule has 0 spiro atoms. The number of phenols is 1. The summed E-state index contributed by atoms with van der Waals surface area (Å²) in [6.07, 6.45) is 1.48. The van der Waals surface area contributed by atoms with Gasteiger partial charge in [0.05, 0.1) is 0 Å². The van der Waals surface area contributed by atoms with E-state index in [-0.39, 0.29) is 30.0 Å². The summed E-state index contributed by atoms with van der Waals surface area (Å²) < 4.78 is 11.0. The minimum Gasteiger partial charge on any atom is -0.507 e. The van der Waals surface area contributed by atoms with Crippen molar-refractivity contribution in [1.82, 2.24) is 15.5 Å².